The largest absolute Gasteiger partial charge is 0.386 e. The standard InChI is InChI=1S/C15H14ClF2NO/c1-8-4-6-9(7-5-8)13-11(17)10(15(2,3)20)12(18)14(16)19-13/h4-7,20H,1-3H3. The second kappa shape index (κ2) is 5.11. The van der Waals surface area contributed by atoms with Crippen LogP contribution >= 0.6 is 11.6 Å². The Hall–Kier alpha value is -1.52. The zero-order valence-electron chi connectivity index (χ0n) is 11.3. The Bertz CT molecular complexity index is 648. The van der Waals surface area contributed by atoms with Gasteiger partial charge >= 0.3 is 0 Å². The summed E-state index contributed by atoms with van der Waals surface area (Å²) in [6.45, 7) is 4.49. The van der Waals surface area contributed by atoms with E-state index < -0.39 is 28.0 Å². The van der Waals surface area contributed by atoms with E-state index in [9.17, 15) is 13.9 Å². The van der Waals surface area contributed by atoms with Crippen LogP contribution in [0.4, 0.5) is 8.78 Å². The Morgan fingerprint density at radius 3 is 2.15 bits per heavy atom. The average Bonchev–Trinajstić information content (AvgIpc) is 2.33. The highest BCUT2D eigenvalue weighted by Crippen LogP contribution is 2.34. The predicted octanol–water partition coefficient (Wildman–Crippen LogP) is 4.22. The van der Waals surface area contributed by atoms with Gasteiger partial charge < -0.3 is 5.11 Å². The Balaban J connectivity index is 2.73. The topological polar surface area (TPSA) is 33.1 Å². The maximum absolute atomic E-state index is 14.5. The van der Waals surface area contributed by atoms with Crippen molar-refractivity contribution in [1.82, 2.24) is 4.98 Å². The van der Waals surface area contributed by atoms with Crippen LogP contribution in [0, 0.1) is 18.6 Å². The molecule has 0 spiro atoms. The van der Waals surface area contributed by atoms with Gasteiger partial charge in [-0.2, -0.15) is 0 Å². The molecule has 0 aliphatic rings. The van der Waals surface area contributed by atoms with Crippen LogP contribution in [0.25, 0.3) is 11.3 Å². The zero-order chi connectivity index (χ0) is 15.1. The quantitative estimate of drug-likeness (QED) is 0.842. The fourth-order valence-electron chi connectivity index (χ4n) is 1.95. The first-order valence-electron chi connectivity index (χ1n) is 6.06. The number of aromatic nitrogens is 1. The number of hydrogen-bond acceptors (Lipinski definition) is 2. The molecular formula is C15H14ClF2NO. The summed E-state index contributed by atoms with van der Waals surface area (Å²) in [5.74, 6) is -1.93. The SMILES string of the molecule is Cc1ccc(-c2nc(Cl)c(F)c(C(C)(C)O)c2F)cc1. The lowest BCUT2D eigenvalue weighted by Gasteiger charge is -2.21. The van der Waals surface area contributed by atoms with Gasteiger partial charge in [-0.05, 0) is 20.8 Å². The molecule has 106 valence electrons. The van der Waals surface area contributed by atoms with Gasteiger partial charge in [-0.3, -0.25) is 0 Å². The highest BCUT2D eigenvalue weighted by atomic mass is 35.5. The molecule has 2 nitrogen and oxygen atoms in total. The summed E-state index contributed by atoms with van der Waals surface area (Å²) in [5, 5.41) is 9.46. The number of aliphatic hydroxyl groups is 1. The lowest BCUT2D eigenvalue weighted by molar-refractivity contribution is 0.0701. The zero-order valence-corrected chi connectivity index (χ0v) is 12.1. The van der Waals surface area contributed by atoms with Crippen LogP contribution in [0.15, 0.2) is 24.3 Å². The number of benzene rings is 1. The third-order valence-electron chi connectivity index (χ3n) is 2.97. The van der Waals surface area contributed by atoms with Crippen molar-refractivity contribution >= 4 is 11.6 Å². The van der Waals surface area contributed by atoms with Crippen molar-refractivity contribution in [3.63, 3.8) is 0 Å². The van der Waals surface area contributed by atoms with Gasteiger partial charge in [0.1, 0.15) is 5.69 Å². The number of hydrogen-bond donors (Lipinski definition) is 1. The Morgan fingerprint density at radius 2 is 1.65 bits per heavy atom. The molecule has 0 saturated carbocycles. The van der Waals surface area contributed by atoms with Crippen molar-refractivity contribution in [3.05, 3.63) is 52.2 Å². The number of nitrogens with zero attached hydrogens (tertiary/aromatic N) is 1. The third kappa shape index (κ3) is 2.67. The van der Waals surface area contributed by atoms with E-state index in [1.165, 1.54) is 13.8 Å². The summed E-state index contributed by atoms with van der Waals surface area (Å²) in [7, 11) is 0. The molecule has 0 aliphatic carbocycles. The van der Waals surface area contributed by atoms with Crippen LogP contribution in [0.5, 0.6) is 0 Å². The van der Waals surface area contributed by atoms with Crippen molar-refractivity contribution in [1.29, 1.82) is 0 Å². The molecule has 1 N–H and O–H groups in total. The van der Waals surface area contributed by atoms with Gasteiger partial charge in [0.05, 0.1) is 11.2 Å². The van der Waals surface area contributed by atoms with Crippen molar-refractivity contribution in [3.8, 4) is 11.3 Å². The van der Waals surface area contributed by atoms with Gasteiger partial charge in [-0.1, -0.05) is 41.4 Å². The van der Waals surface area contributed by atoms with E-state index >= 15 is 0 Å². The van der Waals surface area contributed by atoms with E-state index in [1.54, 1.807) is 24.3 Å². The van der Waals surface area contributed by atoms with Gasteiger partial charge in [0.2, 0.25) is 0 Å². The van der Waals surface area contributed by atoms with Gasteiger partial charge in [-0.15, -0.1) is 0 Å². The maximum Gasteiger partial charge on any atom is 0.169 e. The maximum atomic E-state index is 14.5. The lowest BCUT2D eigenvalue weighted by Crippen LogP contribution is -2.21. The second-order valence-electron chi connectivity index (χ2n) is 5.18. The van der Waals surface area contributed by atoms with E-state index in [2.05, 4.69) is 4.98 Å². The number of pyridine rings is 1. The normalized spacial score (nSPS) is 11.8. The van der Waals surface area contributed by atoms with Crippen LogP contribution in [0.2, 0.25) is 5.15 Å². The summed E-state index contributed by atoms with van der Waals surface area (Å²) >= 11 is 5.71. The number of halogens is 3. The first kappa shape index (κ1) is 14.9. The van der Waals surface area contributed by atoms with Crippen molar-refractivity contribution in [2.24, 2.45) is 0 Å². The Kier molecular flexibility index (Phi) is 3.80. The predicted molar refractivity (Wildman–Crippen MR) is 74.6 cm³/mol. The summed E-state index contributed by atoms with van der Waals surface area (Å²) in [6, 6.07) is 6.92. The van der Waals surface area contributed by atoms with E-state index in [1.807, 2.05) is 6.92 Å². The lowest BCUT2D eigenvalue weighted by atomic mass is 9.95. The summed E-state index contributed by atoms with van der Waals surface area (Å²) in [6.07, 6.45) is 0. The molecule has 0 atom stereocenters. The third-order valence-corrected chi connectivity index (χ3v) is 3.23. The van der Waals surface area contributed by atoms with Crippen LogP contribution in [-0.4, -0.2) is 10.1 Å². The molecule has 0 fully saturated rings. The van der Waals surface area contributed by atoms with E-state index in [0.29, 0.717) is 5.56 Å². The second-order valence-corrected chi connectivity index (χ2v) is 5.54. The van der Waals surface area contributed by atoms with E-state index in [-0.39, 0.29) is 5.69 Å². The molecule has 0 unspecified atom stereocenters. The van der Waals surface area contributed by atoms with Gasteiger partial charge in [0, 0.05) is 5.56 Å². The Morgan fingerprint density at radius 1 is 1.10 bits per heavy atom. The summed E-state index contributed by atoms with van der Waals surface area (Å²) < 4.78 is 28.4. The van der Waals surface area contributed by atoms with Crippen LogP contribution in [0.3, 0.4) is 0 Å². The molecule has 20 heavy (non-hydrogen) atoms. The molecule has 0 saturated heterocycles. The van der Waals surface area contributed by atoms with Gasteiger partial charge in [0.15, 0.2) is 16.8 Å². The van der Waals surface area contributed by atoms with E-state index in [4.69, 9.17) is 11.6 Å². The smallest absolute Gasteiger partial charge is 0.169 e. The molecular weight excluding hydrogens is 284 g/mol. The number of aryl methyl sites for hydroxylation is 1. The van der Waals surface area contributed by atoms with Crippen LogP contribution in [-0.2, 0) is 5.60 Å². The fraction of sp³-hybridized carbons (Fsp3) is 0.267. The highest BCUT2D eigenvalue weighted by Gasteiger charge is 2.30. The molecule has 1 heterocycles. The minimum Gasteiger partial charge on any atom is -0.386 e. The number of rotatable bonds is 2. The molecule has 0 bridgehead atoms. The molecule has 0 radical (unpaired) electrons. The van der Waals surface area contributed by atoms with Crippen molar-refractivity contribution in [2.75, 3.05) is 0 Å². The summed E-state index contributed by atoms with van der Waals surface area (Å²) in [4.78, 5) is 3.75. The average molecular weight is 298 g/mol. The molecule has 1 aromatic heterocycles. The molecule has 5 heteroatoms. The Labute approximate surface area is 121 Å². The monoisotopic (exact) mass is 297 g/mol. The first-order chi connectivity index (χ1) is 9.21. The molecule has 0 amide bonds. The van der Waals surface area contributed by atoms with Gasteiger partial charge in [-0.25, -0.2) is 13.8 Å². The fourth-order valence-corrected chi connectivity index (χ4v) is 2.13. The van der Waals surface area contributed by atoms with Crippen molar-refractivity contribution < 1.29 is 13.9 Å². The minimum absolute atomic E-state index is 0.0754. The molecule has 0 aliphatic heterocycles. The molecule has 2 rings (SSSR count). The summed E-state index contributed by atoms with van der Waals surface area (Å²) in [5.41, 5.74) is -0.771. The van der Waals surface area contributed by atoms with Crippen molar-refractivity contribution in [2.45, 2.75) is 26.4 Å². The van der Waals surface area contributed by atoms with Gasteiger partial charge in [0.25, 0.3) is 0 Å². The van der Waals surface area contributed by atoms with Crippen LogP contribution < -0.4 is 0 Å². The van der Waals surface area contributed by atoms with E-state index in [0.717, 1.165) is 5.56 Å². The molecule has 2 aromatic rings. The minimum atomic E-state index is -1.69. The molecule has 1 aromatic carbocycles. The highest BCUT2D eigenvalue weighted by molar-refractivity contribution is 6.29. The first-order valence-corrected chi connectivity index (χ1v) is 6.44. The van der Waals surface area contributed by atoms with Crippen LogP contribution in [0.1, 0.15) is 25.0 Å².